The summed E-state index contributed by atoms with van der Waals surface area (Å²) < 4.78 is 5.39. The lowest BCUT2D eigenvalue weighted by molar-refractivity contribution is 0.0738. The van der Waals surface area contributed by atoms with E-state index in [9.17, 15) is 4.79 Å². The first-order valence-electron chi connectivity index (χ1n) is 8.47. The minimum Gasteiger partial charge on any atom is -0.378 e. The fraction of sp³-hybridized carbons (Fsp3) is 0.500. The summed E-state index contributed by atoms with van der Waals surface area (Å²) in [5.74, 6) is -0.0759. The molecule has 1 atom stereocenters. The normalized spacial score (nSPS) is 15.9. The molecule has 2 aromatic rings. The smallest absolute Gasteiger partial charge is 0.272 e. The number of pyridine rings is 1. The van der Waals surface area contributed by atoms with E-state index in [-0.39, 0.29) is 11.9 Å². The standard InChI is InChI=1S/C18H24N4O2S/c1-12-17(25-14(3)20-12)13(2)21(4)18(23)16-11-15(5-6-19-16)22-7-9-24-10-8-22/h5-6,11,13H,7-10H2,1-4H3. The molecule has 1 fully saturated rings. The van der Waals surface area contributed by atoms with Crippen molar-refractivity contribution in [1.82, 2.24) is 14.9 Å². The number of rotatable bonds is 4. The summed E-state index contributed by atoms with van der Waals surface area (Å²) in [6, 6.07) is 3.79. The highest BCUT2D eigenvalue weighted by Gasteiger charge is 2.24. The zero-order valence-electron chi connectivity index (χ0n) is 15.2. The Morgan fingerprint density at radius 3 is 2.72 bits per heavy atom. The van der Waals surface area contributed by atoms with Crippen LogP contribution in [-0.4, -0.2) is 54.1 Å². The summed E-state index contributed by atoms with van der Waals surface area (Å²) in [5.41, 5.74) is 2.48. The topological polar surface area (TPSA) is 58.6 Å². The van der Waals surface area contributed by atoms with Crippen LogP contribution in [0.25, 0.3) is 0 Å². The Kier molecular flexibility index (Phi) is 5.34. The van der Waals surface area contributed by atoms with Crippen molar-refractivity contribution in [2.75, 3.05) is 38.3 Å². The van der Waals surface area contributed by atoms with Crippen molar-refractivity contribution in [3.8, 4) is 0 Å². The van der Waals surface area contributed by atoms with Gasteiger partial charge in [0.05, 0.1) is 30.0 Å². The van der Waals surface area contributed by atoms with E-state index in [0.29, 0.717) is 18.9 Å². The van der Waals surface area contributed by atoms with E-state index in [0.717, 1.165) is 34.4 Å². The van der Waals surface area contributed by atoms with Gasteiger partial charge in [-0.3, -0.25) is 9.78 Å². The number of aryl methyl sites for hydroxylation is 2. The minimum absolute atomic E-state index is 0.0347. The maximum Gasteiger partial charge on any atom is 0.272 e. The Morgan fingerprint density at radius 2 is 2.08 bits per heavy atom. The van der Waals surface area contributed by atoms with Crippen molar-refractivity contribution in [1.29, 1.82) is 0 Å². The highest BCUT2D eigenvalue weighted by molar-refractivity contribution is 7.11. The predicted molar refractivity (Wildman–Crippen MR) is 99.4 cm³/mol. The Bertz CT molecular complexity index is 755. The van der Waals surface area contributed by atoms with Gasteiger partial charge in [0.2, 0.25) is 0 Å². The number of anilines is 1. The van der Waals surface area contributed by atoms with Crippen molar-refractivity contribution in [2.45, 2.75) is 26.8 Å². The lowest BCUT2D eigenvalue weighted by Crippen LogP contribution is -2.36. The Labute approximate surface area is 152 Å². The van der Waals surface area contributed by atoms with E-state index in [4.69, 9.17) is 4.74 Å². The zero-order valence-corrected chi connectivity index (χ0v) is 16.0. The first kappa shape index (κ1) is 17.8. The van der Waals surface area contributed by atoms with Gasteiger partial charge in [-0.25, -0.2) is 4.98 Å². The molecule has 7 heteroatoms. The summed E-state index contributed by atoms with van der Waals surface area (Å²) in [4.78, 5) is 26.8. The number of ether oxygens (including phenoxy) is 1. The molecule has 6 nitrogen and oxygen atoms in total. The van der Waals surface area contributed by atoms with Gasteiger partial charge in [-0.2, -0.15) is 0 Å². The van der Waals surface area contributed by atoms with Crippen molar-refractivity contribution >= 4 is 22.9 Å². The number of hydrogen-bond donors (Lipinski definition) is 0. The first-order chi connectivity index (χ1) is 12.0. The second-order valence-corrected chi connectivity index (χ2v) is 7.51. The lowest BCUT2D eigenvalue weighted by Gasteiger charge is -2.29. The number of carbonyl (C=O) groups is 1. The van der Waals surface area contributed by atoms with Gasteiger partial charge >= 0.3 is 0 Å². The monoisotopic (exact) mass is 360 g/mol. The first-order valence-corrected chi connectivity index (χ1v) is 9.29. The largest absolute Gasteiger partial charge is 0.378 e. The van der Waals surface area contributed by atoms with E-state index >= 15 is 0 Å². The summed E-state index contributed by atoms with van der Waals surface area (Å²) >= 11 is 1.64. The quantitative estimate of drug-likeness (QED) is 0.839. The van der Waals surface area contributed by atoms with Crippen LogP contribution in [-0.2, 0) is 4.74 Å². The summed E-state index contributed by atoms with van der Waals surface area (Å²) in [6.45, 7) is 9.11. The Hall–Kier alpha value is -1.99. The Balaban J connectivity index is 1.78. The molecule has 25 heavy (non-hydrogen) atoms. The molecular formula is C18H24N4O2S. The maximum atomic E-state index is 12.9. The number of morpholine rings is 1. The van der Waals surface area contributed by atoms with Crippen LogP contribution in [0.3, 0.4) is 0 Å². The maximum absolute atomic E-state index is 12.9. The van der Waals surface area contributed by atoms with E-state index in [1.54, 1.807) is 22.4 Å². The fourth-order valence-electron chi connectivity index (χ4n) is 3.02. The summed E-state index contributed by atoms with van der Waals surface area (Å²) in [7, 11) is 1.82. The molecule has 1 amide bonds. The molecule has 0 radical (unpaired) electrons. The lowest BCUT2D eigenvalue weighted by atomic mass is 10.2. The molecule has 134 valence electrons. The van der Waals surface area contributed by atoms with Gasteiger partial charge in [0, 0.05) is 36.9 Å². The van der Waals surface area contributed by atoms with Crippen LogP contribution in [0.1, 0.15) is 39.0 Å². The minimum atomic E-state index is -0.0759. The van der Waals surface area contributed by atoms with Crippen molar-refractivity contribution in [3.05, 3.63) is 39.6 Å². The second-order valence-electron chi connectivity index (χ2n) is 6.27. The van der Waals surface area contributed by atoms with Gasteiger partial charge < -0.3 is 14.5 Å². The van der Waals surface area contributed by atoms with Crippen LogP contribution >= 0.6 is 11.3 Å². The SMILES string of the molecule is Cc1nc(C)c(C(C)N(C)C(=O)c2cc(N3CCOCC3)ccn2)s1. The molecule has 1 saturated heterocycles. The van der Waals surface area contributed by atoms with Gasteiger partial charge in [-0.1, -0.05) is 0 Å². The van der Waals surface area contributed by atoms with E-state index in [1.165, 1.54) is 0 Å². The van der Waals surface area contributed by atoms with Gasteiger partial charge in [0.15, 0.2) is 0 Å². The molecule has 1 aliphatic rings. The van der Waals surface area contributed by atoms with Crippen molar-refractivity contribution < 1.29 is 9.53 Å². The van der Waals surface area contributed by atoms with Crippen LogP contribution in [0.15, 0.2) is 18.3 Å². The molecule has 0 aliphatic carbocycles. The molecule has 3 heterocycles. The second kappa shape index (κ2) is 7.49. The van der Waals surface area contributed by atoms with Crippen LogP contribution < -0.4 is 4.90 Å². The molecule has 0 spiro atoms. The molecular weight excluding hydrogens is 336 g/mol. The van der Waals surface area contributed by atoms with Crippen molar-refractivity contribution in [2.24, 2.45) is 0 Å². The molecule has 2 aromatic heterocycles. The number of hydrogen-bond acceptors (Lipinski definition) is 6. The third-order valence-corrected chi connectivity index (χ3v) is 5.80. The molecule has 0 saturated carbocycles. The van der Waals surface area contributed by atoms with Crippen LogP contribution in [0.2, 0.25) is 0 Å². The molecule has 0 bridgehead atoms. The molecule has 0 N–H and O–H groups in total. The third-order valence-electron chi connectivity index (χ3n) is 4.56. The van der Waals surface area contributed by atoms with Crippen LogP contribution in [0, 0.1) is 13.8 Å². The summed E-state index contributed by atoms with van der Waals surface area (Å²) in [6.07, 6.45) is 1.71. The summed E-state index contributed by atoms with van der Waals surface area (Å²) in [5, 5.41) is 1.02. The van der Waals surface area contributed by atoms with Gasteiger partial charge in [0.25, 0.3) is 5.91 Å². The van der Waals surface area contributed by atoms with Gasteiger partial charge in [0.1, 0.15) is 5.69 Å². The van der Waals surface area contributed by atoms with Crippen LogP contribution in [0.4, 0.5) is 5.69 Å². The fourth-order valence-corrected chi connectivity index (χ4v) is 4.04. The van der Waals surface area contributed by atoms with E-state index in [1.807, 2.05) is 40.0 Å². The van der Waals surface area contributed by atoms with Gasteiger partial charge in [-0.05, 0) is 32.9 Å². The van der Waals surface area contributed by atoms with Crippen LogP contribution in [0.5, 0.6) is 0 Å². The number of aromatic nitrogens is 2. The number of thiazole rings is 1. The number of carbonyl (C=O) groups excluding carboxylic acids is 1. The average molecular weight is 360 g/mol. The predicted octanol–water partition coefficient (Wildman–Crippen LogP) is 2.82. The molecule has 1 unspecified atom stereocenters. The van der Waals surface area contributed by atoms with E-state index < -0.39 is 0 Å². The highest BCUT2D eigenvalue weighted by atomic mass is 32.1. The van der Waals surface area contributed by atoms with Gasteiger partial charge in [-0.15, -0.1) is 11.3 Å². The molecule has 1 aliphatic heterocycles. The average Bonchev–Trinajstić information content (AvgIpc) is 2.99. The number of amides is 1. The zero-order chi connectivity index (χ0) is 18.0. The Morgan fingerprint density at radius 1 is 1.36 bits per heavy atom. The highest BCUT2D eigenvalue weighted by Crippen LogP contribution is 2.29. The molecule has 0 aromatic carbocycles. The third kappa shape index (κ3) is 3.82. The van der Waals surface area contributed by atoms with E-state index in [2.05, 4.69) is 14.9 Å². The molecule has 3 rings (SSSR count). The number of nitrogens with zero attached hydrogens (tertiary/aromatic N) is 4. The van der Waals surface area contributed by atoms with Crippen molar-refractivity contribution in [3.63, 3.8) is 0 Å².